The highest BCUT2D eigenvalue weighted by Gasteiger charge is 2.34. The predicted molar refractivity (Wildman–Crippen MR) is 108 cm³/mol. The summed E-state index contributed by atoms with van der Waals surface area (Å²) in [5, 5.41) is 0.275. The van der Waals surface area contributed by atoms with E-state index in [9.17, 15) is 14.4 Å². The zero-order valence-corrected chi connectivity index (χ0v) is 16.7. The molecule has 1 saturated heterocycles. The zero-order valence-electron chi connectivity index (χ0n) is 15.1. The van der Waals surface area contributed by atoms with Gasteiger partial charge in [-0.1, -0.05) is 11.6 Å². The molecule has 0 atom stereocenters. The lowest BCUT2D eigenvalue weighted by Crippen LogP contribution is -2.29. The van der Waals surface area contributed by atoms with Crippen molar-refractivity contribution in [2.24, 2.45) is 0 Å². The molecule has 8 heteroatoms. The van der Waals surface area contributed by atoms with E-state index in [1.807, 2.05) is 12.1 Å². The Balaban J connectivity index is 1.65. The highest BCUT2D eigenvalue weighted by atomic mass is 35.5. The van der Waals surface area contributed by atoms with Gasteiger partial charge in [-0.3, -0.25) is 19.3 Å². The van der Waals surface area contributed by atoms with Gasteiger partial charge in [0.05, 0.1) is 11.5 Å². The third-order valence-corrected chi connectivity index (χ3v) is 5.13. The third kappa shape index (κ3) is 4.85. The number of carbonyl (C=O) groups excluding carboxylic acids is 3. The zero-order chi connectivity index (χ0) is 20.1. The van der Waals surface area contributed by atoms with E-state index in [4.69, 9.17) is 20.8 Å². The first-order chi connectivity index (χ1) is 13.5. The van der Waals surface area contributed by atoms with Gasteiger partial charge in [0, 0.05) is 29.6 Å². The van der Waals surface area contributed by atoms with Crippen molar-refractivity contribution in [2.45, 2.75) is 19.8 Å². The summed E-state index contributed by atoms with van der Waals surface area (Å²) in [7, 11) is 0. The summed E-state index contributed by atoms with van der Waals surface area (Å²) in [5.74, 6) is 0.386. The molecular formula is C20H18ClNO5S. The molecule has 1 aromatic heterocycles. The molecule has 6 nitrogen and oxygen atoms in total. The van der Waals surface area contributed by atoms with Gasteiger partial charge >= 0.3 is 5.97 Å². The van der Waals surface area contributed by atoms with Crippen molar-refractivity contribution in [3.63, 3.8) is 0 Å². The summed E-state index contributed by atoms with van der Waals surface area (Å²) >= 11 is 6.75. The number of furan rings is 1. The van der Waals surface area contributed by atoms with E-state index in [0.717, 1.165) is 22.2 Å². The largest absolute Gasteiger partial charge is 0.466 e. The molecule has 3 rings (SSSR count). The van der Waals surface area contributed by atoms with Gasteiger partial charge in [0.2, 0.25) is 0 Å². The molecule has 0 N–H and O–H groups in total. The maximum absolute atomic E-state index is 12.5. The van der Waals surface area contributed by atoms with Crippen molar-refractivity contribution >= 4 is 46.6 Å². The second kappa shape index (κ2) is 9.12. The molecule has 0 bridgehead atoms. The molecule has 1 aromatic carbocycles. The molecule has 0 unspecified atom stereocenters. The summed E-state index contributed by atoms with van der Waals surface area (Å²) < 4.78 is 10.6. The maximum Gasteiger partial charge on any atom is 0.305 e. The Hall–Kier alpha value is -2.51. The minimum absolute atomic E-state index is 0.164. The topological polar surface area (TPSA) is 76.8 Å². The van der Waals surface area contributed by atoms with Crippen molar-refractivity contribution in [1.29, 1.82) is 0 Å². The molecule has 0 spiro atoms. The summed E-state index contributed by atoms with van der Waals surface area (Å²) in [5.41, 5.74) is 0.858. The van der Waals surface area contributed by atoms with Gasteiger partial charge in [-0.2, -0.15) is 0 Å². The summed E-state index contributed by atoms with van der Waals surface area (Å²) in [4.78, 5) is 37.4. The van der Waals surface area contributed by atoms with Crippen LogP contribution >= 0.6 is 23.4 Å². The molecule has 2 heterocycles. The number of imide groups is 1. The summed E-state index contributed by atoms with van der Waals surface area (Å²) in [6.07, 6.45) is 2.08. The van der Waals surface area contributed by atoms with Crippen LogP contribution in [0, 0.1) is 0 Å². The van der Waals surface area contributed by atoms with Crippen LogP contribution in [0.1, 0.15) is 25.5 Å². The maximum atomic E-state index is 12.5. The quantitative estimate of drug-likeness (QED) is 0.465. The average Bonchev–Trinajstić information content (AvgIpc) is 3.23. The van der Waals surface area contributed by atoms with Crippen molar-refractivity contribution in [1.82, 2.24) is 4.90 Å². The normalized spacial score (nSPS) is 15.5. The van der Waals surface area contributed by atoms with Crippen LogP contribution in [0.5, 0.6) is 0 Å². The Labute approximate surface area is 171 Å². The van der Waals surface area contributed by atoms with Gasteiger partial charge in [-0.25, -0.2) is 0 Å². The number of rotatable bonds is 7. The number of hydrogen-bond acceptors (Lipinski definition) is 6. The van der Waals surface area contributed by atoms with E-state index in [1.54, 1.807) is 37.3 Å². The number of halogens is 1. The number of amides is 2. The standard InChI is InChI=1S/C20H18ClNO5S/c1-2-26-18(23)4-3-11-22-19(24)17(28-20(22)25)12-15-9-10-16(27-15)13-5-7-14(21)8-6-13/h5-10,12H,2-4,11H2,1H3/b17-12+. The number of hydrogen-bond donors (Lipinski definition) is 0. The fourth-order valence-corrected chi connectivity index (χ4v) is 3.61. The Morgan fingerprint density at radius 1 is 1.21 bits per heavy atom. The number of carbonyl (C=O) groups is 3. The van der Waals surface area contributed by atoms with Crippen molar-refractivity contribution in [2.75, 3.05) is 13.2 Å². The fraction of sp³-hybridized carbons (Fsp3) is 0.250. The lowest BCUT2D eigenvalue weighted by molar-refractivity contribution is -0.143. The van der Waals surface area contributed by atoms with Crippen LogP contribution in [0.4, 0.5) is 4.79 Å². The number of esters is 1. The van der Waals surface area contributed by atoms with Gasteiger partial charge in [0.25, 0.3) is 11.1 Å². The first-order valence-electron chi connectivity index (χ1n) is 8.74. The lowest BCUT2D eigenvalue weighted by Gasteiger charge is -2.11. The van der Waals surface area contributed by atoms with E-state index in [0.29, 0.717) is 29.6 Å². The first kappa shape index (κ1) is 20.2. The highest BCUT2D eigenvalue weighted by Crippen LogP contribution is 2.33. The van der Waals surface area contributed by atoms with Crippen LogP contribution in [-0.2, 0) is 14.3 Å². The average molecular weight is 420 g/mol. The molecule has 0 aliphatic carbocycles. The van der Waals surface area contributed by atoms with E-state index in [2.05, 4.69) is 0 Å². The SMILES string of the molecule is CCOC(=O)CCCN1C(=O)S/C(=C/c2ccc(-c3ccc(Cl)cc3)o2)C1=O. The van der Waals surface area contributed by atoms with Crippen molar-refractivity contribution in [3.05, 3.63) is 52.1 Å². The Morgan fingerprint density at radius 2 is 1.96 bits per heavy atom. The van der Waals surface area contributed by atoms with Crippen molar-refractivity contribution in [3.8, 4) is 11.3 Å². The van der Waals surface area contributed by atoms with Crippen LogP contribution in [0.15, 0.2) is 45.7 Å². The molecule has 28 heavy (non-hydrogen) atoms. The number of nitrogens with zero attached hydrogens (tertiary/aromatic N) is 1. The van der Waals surface area contributed by atoms with Crippen LogP contribution < -0.4 is 0 Å². The monoisotopic (exact) mass is 419 g/mol. The van der Waals surface area contributed by atoms with Gasteiger partial charge in [-0.05, 0) is 61.5 Å². The minimum Gasteiger partial charge on any atom is -0.466 e. The molecular weight excluding hydrogens is 402 g/mol. The molecule has 1 aliphatic rings. The minimum atomic E-state index is -0.386. The first-order valence-corrected chi connectivity index (χ1v) is 9.94. The Bertz CT molecular complexity index is 919. The number of ether oxygens (including phenoxy) is 1. The Morgan fingerprint density at radius 3 is 2.68 bits per heavy atom. The second-order valence-electron chi connectivity index (χ2n) is 5.95. The lowest BCUT2D eigenvalue weighted by atomic mass is 10.2. The number of thioether (sulfide) groups is 1. The third-order valence-electron chi connectivity index (χ3n) is 3.97. The van der Waals surface area contributed by atoms with Crippen LogP contribution in [0.2, 0.25) is 5.02 Å². The Kier molecular flexibility index (Phi) is 6.59. The van der Waals surface area contributed by atoms with Crippen LogP contribution in [0.25, 0.3) is 17.4 Å². The van der Waals surface area contributed by atoms with Gasteiger partial charge in [0.15, 0.2) is 0 Å². The molecule has 2 amide bonds. The van der Waals surface area contributed by atoms with Gasteiger partial charge in [-0.15, -0.1) is 0 Å². The van der Waals surface area contributed by atoms with E-state index < -0.39 is 0 Å². The van der Waals surface area contributed by atoms with Crippen LogP contribution in [0.3, 0.4) is 0 Å². The van der Waals surface area contributed by atoms with E-state index in [-0.39, 0.29) is 35.0 Å². The van der Waals surface area contributed by atoms with Crippen LogP contribution in [-0.4, -0.2) is 35.2 Å². The predicted octanol–water partition coefficient (Wildman–Crippen LogP) is 4.98. The molecule has 0 radical (unpaired) electrons. The second-order valence-corrected chi connectivity index (χ2v) is 7.38. The molecule has 1 fully saturated rings. The molecule has 1 aliphatic heterocycles. The fourth-order valence-electron chi connectivity index (χ4n) is 2.64. The van der Waals surface area contributed by atoms with Gasteiger partial charge < -0.3 is 9.15 Å². The van der Waals surface area contributed by atoms with E-state index >= 15 is 0 Å². The smallest absolute Gasteiger partial charge is 0.305 e. The molecule has 146 valence electrons. The van der Waals surface area contributed by atoms with E-state index in [1.165, 1.54) is 0 Å². The summed E-state index contributed by atoms with van der Waals surface area (Å²) in [6, 6.07) is 10.7. The molecule has 2 aromatic rings. The highest BCUT2D eigenvalue weighted by molar-refractivity contribution is 8.18. The molecule has 0 saturated carbocycles. The van der Waals surface area contributed by atoms with Gasteiger partial charge in [0.1, 0.15) is 11.5 Å². The number of benzene rings is 1. The summed E-state index contributed by atoms with van der Waals surface area (Å²) in [6.45, 7) is 2.21. The van der Waals surface area contributed by atoms with Crippen molar-refractivity contribution < 1.29 is 23.5 Å².